The van der Waals surface area contributed by atoms with Crippen molar-refractivity contribution in [3.63, 3.8) is 0 Å². The van der Waals surface area contributed by atoms with E-state index in [0.29, 0.717) is 12.1 Å². The predicted octanol–water partition coefficient (Wildman–Crippen LogP) is 2.16. The summed E-state index contributed by atoms with van der Waals surface area (Å²) in [6.07, 6.45) is 4.61. The van der Waals surface area contributed by atoms with Crippen molar-refractivity contribution in [2.75, 3.05) is 24.7 Å². The number of aromatic nitrogens is 1. The summed E-state index contributed by atoms with van der Waals surface area (Å²) in [5.74, 6) is 1.95. The molecule has 0 bridgehead atoms. The monoisotopic (exact) mass is 342 g/mol. The molecule has 3 heterocycles. The summed E-state index contributed by atoms with van der Waals surface area (Å²) in [7, 11) is 0. The number of carbonyl (C=O) groups excluding carboxylic acids is 1. The highest BCUT2D eigenvalue weighted by Crippen LogP contribution is 2.26. The first-order valence-electron chi connectivity index (χ1n) is 7.53. The molecule has 2 aliphatic rings. The number of halogens is 1. The SMILES string of the molecule is O=C(c1c[nH]c(=O)c(Cl)c1)N(C[C@H]1CCCO1)[C@@H]1CCSC1. The van der Waals surface area contributed by atoms with Gasteiger partial charge in [0.2, 0.25) is 0 Å². The second-order valence-electron chi connectivity index (χ2n) is 5.68. The van der Waals surface area contributed by atoms with E-state index >= 15 is 0 Å². The first-order chi connectivity index (χ1) is 10.6. The average Bonchev–Trinajstić information content (AvgIpc) is 3.20. The van der Waals surface area contributed by atoms with Gasteiger partial charge >= 0.3 is 0 Å². The number of H-pyrrole nitrogens is 1. The molecule has 22 heavy (non-hydrogen) atoms. The zero-order valence-corrected chi connectivity index (χ0v) is 13.8. The van der Waals surface area contributed by atoms with Crippen LogP contribution in [0.4, 0.5) is 0 Å². The largest absolute Gasteiger partial charge is 0.376 e. The van der Waals surface area contributed by atoms with Crippen LogP contribution in [0.3, 0.4) is 0 Å². The average molecular weight is 343 g/mol. The van der Waals surface area contributed by atoms with Crippen molar-refractivity contribution in [3.8, 4) is 0 Å². The van der Waals surface area contributed by atoms with E-state index in [1.165, 1.54) is 12.3 Å². The third-order valence-electron chi connectivity index (χ3n) is 4.14. The molecule has 2 aliphatic heterocycles. The summed E-state index contributed by atoms with van der Waals surface area (Å²) in [6.45, 7) is 1.39. The number of rotatable bonds is 4. The van der Waals surface area contributed by atoms with E-state index < -0.39 is 0 Å². The summed E-state index contributed by atoms with van der Waals surface area (Å²) in [4.78, 5) is 28.6. The molecular weight excluding hydrogens is 324 g/mol. The van der Waals surface area contributed by atoms with Crippen LogP contribution in [-0.2, 0) is 4.74 Å². The van der Waals surface area contributed by atoms with E-state index in [0.717, 1.165) is 37.4 Å². The molecule has 1 aromatic rings. The maximum Gasteiger partial charge on any atom is 0.266 e. The lowest BCUT2D eigenvalue weighted by Crippen LogP contribution is -2.44. The van der Waals surface area contributed by atoms with Gasteiger partial charge in [-0.15, -0.1) is 0 Å². The molecule has 1 aromatic heterocycles. The zero-order valence-electron chi connectivity index (χ0n) is 12.2. The van der Waals surface area contributed by atoms with Gasteiger partial charge in [0.15, 0.2) is 0 Å². The second kappa shape index (κ2) is 7.06. The standard InChI is InChI=1S/C15H19ClN2O3S/c16-13-6-10(7-17-14(13)19)15(20)18(11-3-5-22-9-11)8-12-2-1-4-21-12/h6-7,11-12H,1-5,8-9H2,(H,17,19)/t11-,12-/m1/s1. The number of hydrogen-bond donors (Lipinski definition) is 1. The van der Waals surface area contributed by atoms with Crippen LogP contribution in [-0.4, -0.2) is 52.6 Å². The third kappa shape index (κ3) is 3.50. The van der Waals surface area contributed by atoms with Crippen LogP contribution in [0.5, 0.6) is 0 Å². The molecular formula is C15H19ClN2O3S. The van der Waals surface area contributed by atoms with Crippen molar-refractivity contribution in [1.29, 1.82) is 0 Å². The highest BCUT2D eigenvalue weighted by Gasteiger charge is 2.31. The van der Waals surface area contributed by atoms with Crippen LogP contribution in [0.2, 0.25) is 5.02 Å². The summed E-state index contributed by atoms with van der Waals surface area (Å²) in [5, 5.41) is 0.0451. The number of carbonyl (C=O) groups is 1. The van der Waals surface area contributed by atoms with Gasteiger partial charge in [0.1, 0.15) is 5.02 Å². The lowest BCUT2D eigenvalue weighted by Gasteiger charge is -2.30. The number of hydrogen-bond acceptors (Lipinski definition) is 4. The Balaban J connectivity index is 1.81. The van der Waals surface area contributed by atoms with Gasteiger partial charge in [-0.25, -0.2) is 0 Å². The van der Waals surface area contributed by atoms with Crippen molar-refractivity contribution in [2.45, 2.75) is 31.4 Å². The van der Waals surface area contributed by atoms with E-state index in [1.54, 1.807) is 0 Å². The Morgan fingerprint density at radius 1 is 1.50 bits per heavy atom. The molecule has 5 nitrogen and oxygen atoms in total. The lowest BCUT2D eigenvalue weighted by atomic mass is 10.1. The molecule has 1 amide bonds. The highest BCUT2D eigenvalue weighted by atomic mass is 35.5. The summed E-state index contributed by atoms with van der Waals surface area (Å²) in [6, 6.07) is 1.68. The fourth-order valence-electron chi connectivity index (χ4n) is 2.92. The van der Waals surface area contributed by atoms with Gasteiger partial charge in [0.25, 0.3) is 11.5 Å². The van der Waals surface area contributed by atoms with Gasteiger partial charge in [-0.1, -0.05) is 11.6 Å². The van der Waals surface area contributed by atoms with Crippen molar-refractivity contribution in [1.82, 2.24) is 9.88 Å². The predicted molar refractivity (Wildman–Crippen MR) is 87.8 cm³/mol. The van der Waals surface area contributed by atoms with E-state index in [2.05, 4.69) is 4.98 Å². The van der Waals surface area contributed by atoms with Crippen molar-refractivity contribution in [3.05, 3.63) is 33.2 Å². The van der Waals surface area contributed by atoms with Crippen molar-refractivity contribution >= 4 is 29.3 Å². The second-order valence-corrected chi connectivity index (χ2v) is 7.23. The van der Waals surface area contributed by atoms with E-state index in [4.69, 9.17) is 16.3 Å². The Morgan fingerprint density at radius 2 is 2.36 bits per heavy atom. The molecule has 1 N–H and O–H groups in total. The number of nitrogens with zero attached hydrogens (tertiary/aromatic N) is 1. The van der Waals surface area contributed by atoms with Gasteiger partial charge in [-0.05, 0) is 31.1 Å². The zero-order chi connectivity index (χ0) is 15.5. The minimum absolute atomic E-state index is 0.0451. The summed E-state index contributed by atoms with van der Waals surface area (Å²) < 4.78 is 5.69. The van der Waals surface area contributed by atoms with E-state index in [-0.39, 0.29) is 28.6 Å². The summed E-state index contributed by atoms with van der Waals surface area (Å²) >= 11 is 7.72. The minimum Gasteiger partial charge on any atom is -0.376 e. The van der Waals surface area contributed by atoms with Gasteiger partial charge < -0.3 is 14.6 Å². The van der Waals surface area contributed by atoms with Gasteiger partial charge in [0, 0.05) is 31.1 Å². The maximum atomic E-state index is 12.9. The Kier molecular flexibility index (Phi) is 5.10. The number of aromatic amines is 1. The van der Waals surface area contributed by atoms with Crippen LogP contribution >= 0.6 is 23.4 Å². The van der Waals surface area contributed by atoms with E-state index in [1.807, 2.05) is 16.7 Å². The molecule has 3 rings (SSSR count). The first-order valence-corrected chi connectivity index (χ1v) is 9.07. The topological polar surface area (TPSA) is 62.4 Å². The molecule has 0 spiro atoms. The highest BCUT2D eigenvalue weighted by molar-refractivity contribution is 7.99. The molecule has 7 heteroatoms. The Morgan fingerprint density at radius 3 is 3.00 bits per heavy atom. The smallest absolute Gasteiger partial charge is 0.266 e. The van der Waals surface area contributed by atoms with Crippen molar-refractivity contribution < 1.29 is 9.53 Å². The minimum atomic E-state index is -0.375. The normalized spacial score (nSPS) is 24.6. The van der Waals surface area contributed by atoms with Gasteiger partial charge in [-0.3, -0.25) is 9.59 Å². The van der Waals surface area contributed by atoms with Crippen LogP contribution in [0.15, 0.2) is 17.1 Å². The number of ether oxygens (including phenoxy) is 1. The Hall–Kier alpha value is -0.980. The molecule has 2 saturated heterocycles. The Bertz CT molecular complexity index is 595. The Labute approximate surface area is 138 Å². The third-order valence-corrected chi connectivity index (χ3v) is 5.56. The first kappa shape index (κ1) is 15.9. The molecule has 2 fully saturated rings. The van der Waals surface area contributed by atoms with Crippen LogP contribution in [0.1, 0.15) is 29.6 Å². The number of thioether (sulfide) groups is 1. The van der Waals surface area contributed by atoms with Gasteiger partial charge in [-0.2, -0.15) is 11.8 Å². The molecule has 120 valence electrons. The number of amides is 1. The van der Waals surface area contributed by atoms with Crippen LogP contribution < -0.4 is 5.56 Å². The fourth-order valence-corrected chi connectivity index (χ4v) is 4.31. The molecule has 2 atom stereocenters. The maximum absolute atomic E-state index is 12.9. The van der Waals surface area contributed by atoms with Gasteiger partial charge in [0.05, 0.1) is 11.7 Å². The van der Waals surface area contributed by atoms with E-state index in [9.17, 15) is 9.59 Å². The van der Waals surface area contributed by atoms with Crippen LogP contribution in [0, 0.1) is 0 Å². The molecule has 0 aromatic carbocycles. The number of nitrogens with one attached hydrogen (secondary N) is 1. The fraction of sp³-hybridized carbons (Fsp3) is 0.600. The lowest BCUT2D eigenvalue weighted by molar-refractivity contribution is 0.0441. The summed E-state index contributed by atoms with van der Waals surface area (Å²) in [5.41, 5.74) is 0.0554. The molecule has 0 saturated carbocycles. The quantitative estimate of drug-likeness (QED) is 0.910. The molecule has 0 unspecified atom stereocenters. The number of pyridine rings is 1. The molecule has 0 radical (unpaired) electrons. The molecule has 0 aliphatic carbocycles. The van der Waals surface area contributed by atoms with Crippen LogP contribution in [0.25, 0.3) is 0 Å². The van der Waals surface area contributed by atoms with Crippen molar-refractivity contribution in [2.24, 2.45) is 0 Å².